The van der Waals surface area contributed by atoms with Crippen LogP contribution in [0.4, 0.5) is 0 Å². The molecule has 0 spiro atoms. The number of rotatable bonds is 5. The third-order valence-electron chi connectivity index (χ3n) is 3.26. The molecule has 2 rings (SSSR count). The first-order valence-electron chi connectivity index (χ1n) is 6.66. The van der Waals surface area contributed by atoms with E-state index in [-0.39, 0.29) is 4.99 Å². The molecule has 0 radical (unpaired) electrons. The molecule has 0 aliphatic rings. The van der Waals surface area contributed by atoms with E-state index in [2.05, 4.69) is 12.0 Å². The summed E-state index contributed by atoms with van der Waals surface area (Å²) < 4.78 is 13.0. The molecule has 6 heteroatoms. The summed E-state index contributed by atoms with van der Waals surface area (Å²) in [4.78, 5) is 0.264. The van der Waals surface area contributed by atoms with Crippen molar-refractivity contribution in [3.8, 4) is 17.4 Å². The molecule has 0 aliphatic heterocycles. The Morgan fingerprint density at radius 1 is 1.38 bits per heavy atom. The van der Waals surface area contributed by atoms with E-state index in [1.54, 1.807) is 18.8 Å². The lowest BCUT2D eigenvalue weighted by Crippen LogP contribution is -2.11. The van der Waals surface area contributed by atoms with Crippen molar-refractivity contribution in [2.45, 2.75) is 20.3 Å². The third kappa shape index (κ3) is 3.00. The Bertz CT molecular complexity index is 680. The molecule has 0 amide bonds. The Hall–Kier alpha value is -2.08. The smallest absolute Gasteiger partial charge is 0.228 e. The van der Waals surface area contributed by atoms with Gasteiger partial charge in [-0.15, -0.1) is 0 Å². The number of aromatic nitrogens is 2. The molecule has 0 bridgehead atoms. The van der Waals surface area contributed by atoms with Crippen molar-refractivity contribution in [1.29, 1.82) is 0 Å². The van der Waals surface area contributed by atoms with E-state index in [1.165, 1.54) is 5.56 Å². The normalized spacial score (nSPS) is 10.5. The standard InChI is InChI=1S/C15H19N3O2S/c1-5-10-6-7-11(12(8-10)19-4)20-15-13(14(16)21)9(2)17-18(15)3/h6-8H,5H2,1-4H3,(H2,16,21). The predicted octanol–water partition coefficient (Wildman–Crippen LogP) is 2.73. The molecule has 21 heavy (non-hydrogen) atoms. The van der Waals surface area contributed by atoms with Crippen LogP contribution in [0, 0.1) is 6.92 Å². The number of nitrogens with zero attached hydrogens (tertiary/aromatic N) is 2. The number of hydrogen-bond acceptors (Lipinski definition) is 4. The number of nitrogens with two attached hydrogens (primary N) is 1. The van der Waals surface area contributed by atoms with Crippen LogP contribution in [-0.2, 0) is 13.5 Å². The number of ether oxygens (including phenoxy) is 2. The Morgan fingerprint density at radius 3 is 2.67 bits per heavy atom. The minimum absolute atomic E-state index is 0.264. The van der Waals surface area contributed by atoms with E-state index in [0.717, 1.165) is 12.1 Å². The van der Waals surface area contributed by atoms with E-state index >= 15 is 0 Å². The van der Waals surface area contributed by atoms with Crippen molar-refractivity contribution in [2.24, 2.45) is 12.8 Å². The molecule has 2 N–H and O–H groups in total. The first-order chi connectivity index (χ1) is 9.97. The second kappa shape index (κ2) is 6.13. The van der Waals surface area contributed by atoms with Gasteiger partial charge in [-0.1, -0.05) is 25.2 Å². The van der Waals surface area contributed by atoms with E-state index in [9.17, 15) is 0 Å². The molecule has 0 fully saturated rings. The lowest BCUT2D eigenvalue weighted by atomic mass is 10.1. The van der Waals surface area contributed by atoms with Crippen molar-refractivity contribution in [3.05, 3.63) is 35.0 Å². The highest BCUT2D eigenvalue weighted by Gasteiger charge is 2.19. The number of aryl methyl sites for hydroxylation is 3. The van der Waals surface area contributed by atoms with Crippen LogP contribution in [-0.4, -0.2) is 21.9 Å². The molecule has 1 aromatic heterocycles. The summed E-state index contributed by atoms with van der Waals surface area (Å²) in [6.07, 6.45) is 0.930. The summed E-state index contributed by atoms with van der Waals surface area (Å²) in [5.41, 5.74) is 8.33. The highest BCUT2D eigenvalue weighted by atomic mass is 32.1. The van der Waals surface area contributed by atoms with Gasteiger partial charge in [0, 0.05) is 7.05 Å². The summed E-state index contributed by atoms with van der Waals surface area (Å²) in [5, 5.41) is 4.30. The Labute approximate surface area is 129 Å². The highest BCUT2D eigenvalue weighted by Crippen LogP contribution is 2.34. The van der Waals surface area contributed by atoms with Crippen LogP contribution >= 0.6 is 12.2 Å². The van der Waals surface area contributed by atoms with Gasteiger partial charge in [0.2, 0.25) is 5.88 Å². The first kappa shape index (κ1) is 15.3. The lowest BCUT2D eigenvalue weighted by Gasteiger charge is -2.12. The molecular formula is C15H19N3O2S. The fourth-order valence-corrected chi connectivity index (χ4v) is 2.39. The number of thiocarbonyl (C=S) groups is 1. The molecule has 0 unspecified atom stereocenters. The summed E-state index contributed by atoms with van der Waals surface area (Å²) in [6.45, 7) is 3.93. The zero-order valence-corrected chi connectivity index (χ0v) is 13.5. The van der Waals surface area contributed by atoms with Crippen molar-refractivity contribution in [2.75, 3.05) is 7.11 Å². The van der Waals surface area contributed by atoms with Crippen molar-refractivity contribution < 1.29 is 9.47 Å². The SMILES string of the molecule is CCc1ccc(Oc2c(C(N)=S)c(C)nn2C)c(OC)c1. The fraction of sp³-hybridized carbons (Fsp3) is 0.333. The second-order valence-electron chi connectivity index (χ2n) is 4.69. The quantitative estimate of drug-likeness (QED) is 0.861. The Morgan fingerprint density at radius 2 is 2.10 bits per heavy atom. The monoisotopic (exact) mass is 305 g/mol. The van der Waals surface area contributed by atoms with Gasteiger partial charge >= 0.3 is 0 Å². The zero-order chi connectivity index (χ0) is 15.6. The third-order valence-corrected chi connectivity index (χ3v) is 3.46. The minimum atomic E-state index is 0.264. The first-order valence-corrected chi connectivity index (χ1v) is 7.06. The van der Waals surface area contributed by atoms with Crippen molar-refractivity contribution in [3.63, 3.8) is 0 Å². The van der Waals surface area contributed by atoms with Gasteiger partial charge in [0.15, 0.2) is 11.5 Å². The van der Waals surface area contributed by atoms with Crippen LogP contribution in [0.15, 0.2) is 18.2 Å². The van der Waals surface area contributed by atoms with Gasteiger partial charge in [0.05, 0.1) is 18.4 Å². The fourth-order valence-electron chi connectivity index (χ4n) is 2.16. The van der Waals surface area contributed by atoms with Gasteiger partial charge in [-0.25, -0.2) is 4.68 Å². The van der Waals surface area contributed by atoms with Crippen LogP contribution < -0.4 is 15.2 Å². The molecule has 0 atom stereocenters. The van der Waals surface area contributed by atoms with Crippen LogP contribution in [0.2, 0.25) is 0 Å². The maximum atomic E-state index is 5.95. The zero-order valence-electron chi connectivity index (χ0n) is 12.6. The van der Waals surface area contributed by atoms with E-state index in [4.69, 9.17) is 27.4 Å². The predicted molar refractivity (Wildman–Crippen MR) is 86.3 cm³/mol. The van der Waals surface area contributed by atoms with Crippen LogP contribution in [0.5, 0.6) is 17.4 Å². The van der Waals surface area contributed by atoms with Gasteiger partial charge in [-0.2, -0.15) is 5.10 Å². The van der Waals surface area contributed by atoms with Crippen LogP contribution in [0.1, 0.15) is 23.7 Å². The van der Waals surface area contributed by atoms with Crippen molar-refractivity contribution in [1.82, 2.24) is 9.78 Å². The molecule has 1 aromatic carbocycles. The highest BCUT2D eigenvalue weighted by molar-refractivity contribution is 7.80. The molecule has 2 aromatic rings. The summed E-state index contributed by atoms with van der Waals surface area (Å²) in [5.74, 6) is 1.79. The summed E-state index contributed by atoms with van der Waals surface area (Å²) in [7, 11) is 3.40. The van der Waals surface area contributed by atoms with Gasteiger partial charge in [0.1, 0.15) is 4.99 Å². The second-order valence-corrected chi connectivity index (χ2v) is 5.13. The van der Waals surface area contributed by atoms with E-state index in [1.807, 2.05) is 25.1 Å². The average molecular weight is 305 g/mol. The largest absolute Gasteiger partial charge is 0.493 e. The van der Waals surface area contributed by atoms with Gasteiger partial charge in [0.25, 0.3) is 0 Å². The average Bonchev–Trinajstić information content (AvgIpc) is 2.73. The molecule has 5 nitrogen and oxygen atoms in total. The Kier molecular flexibility index (Phi) is 4.47. The molecule has 112 valence electrons. The molecule has 0 saturated heterocycles. The Balaban J connectivity index is 2.45. The van der Waals surface area contributed by atoms with E-state index in [0.29, 0.717) is 22.9 Å². The van der Waals surface area contributed by atoms with Crippen LogP contribution in [0.25, 0.3) is 0 Å². The number of methoxy groups -OCH3 is 1. The van der Waals surface area contributed by atoms with Gasteiger partial charge in [-0.05, 0) is 31.0 Å². The maximum Gasteiger partial charge on any atom is 0.228 e. The van der Waals surface area contributed by atoms with E-state index < -0.39 is 0 Å². The lowest BCUT2D eigenvalue weighted by molar-refractivity contribution is 0.365. The molecule has 0 aliphatic carbocycles. The number of benzene rings is 1. The number of hydrogen-bond donors (Lipinski definition) is 1. The minimum Gasteiger partial charge on any atom is -0.493 e. The topological polar surface area (TPSA) is 62.3 Å². The summed E-state index contributed by atoms with van der Waals surface area (Å²) in [6, 6.07) is 5.84. The van der Waals surface area contributed by atoms with Crippen molar-refractivity contribution >= 4 is 17.2 Å². The van der Waals surface area contributed by atoms with Gasteiger partial charge < -0.3 is 15.2 Å². The summed E-state index contributed by atoms with van der Waals surface area (Å²) >= 11 is 5.08. The molecular weight excluding hydrogens is 286 g/mol. The maximum absolute atomic E-state index is 5.95. The van der Waals surface area contributed by atoms with Crippen LogP contribution in [0.3, 0.4) is 0 Å². The molecule has 1 heterocycles. The molecule has 0 saturated carbocycles. The van der Waals surface area contributed by atoms with Gasteiger partial charge in [-0.3, -0.25) is 0 Å².